The van der Waals surface area contributed by atoms with Crippen LogP contribution in [-0.4, -0.2) is 28.3 Å². The summed E-state index contributed by atoms with van der Waals surface area (Å²) in [5, 5.41) is 10.9. The van der Waals surface area contributed by atoms with E-state index in [9.17, 15) is 0 Å². The van der Waals surface area contributed by atoms with Gasteiger partial charge in [0.15, 0.2) is 0 Å². The van der Waals surface area contributed by atoms with Gasteiger partial charge in [-0.2, -0.15) is 0 Å². The van der Waals surface area contributed by atoms with E-state index in [0.29, 0.717) is 22.8 Å². The van der Waals surface area contributed by atoms with E-state index in [1.807, 2.05) is 36.6 Å². The van der Waals surface area contributed by atoms with Crippen molar-refractivity contribution in [2.24, 2.45) is 0 Å². The Morgan fingerprint density at radius 2 is 1.79 bits per heavy atom. The van der Waals surface area contributed by atoms with Crippen LogP contribution in [0, 0.1) is 6.92 Å². The first-order valence-corrected chi connectivity index (χ1v) is 11.4. The number of thiophene rings is 1. The van der Waals surface area contributed by atoms with Crippen molar-refractivity contribution in [3.8, 4) is 22.2 Å². The van der Waals surface area contributed by atoms with Crippen LogP contribution in [0.4, 0.5) is 5.69 Å². The molecule has 0 spiro atoms. The summed E-state index contributed by atoms with van der Waals surface area (Å²) in [5.74, 6) is 2.61. The van der Waals surface area contributed by atoms with Crippen molar-refractivity contribution in [2.75, 3.05) is 18.0 Å². The highest BCUT2D eigenvalue weighted by atomic mass is 32.2. The van der Waals surface area contributed by atoms with E-state index in [2.05, 4.69) is 46.1 Å². The zero-order chi connectivity index (χ0) is 20.2. The molecule has 0 saturated carbocycles. The monoisotopic (exact) mass is 426 g/mol. The molecular weight excluding hydrogens is 404 g/mol. The summed E-state index contributed by atoms with van der Waals surface area (Å²) < 4.78 is 11.6. The smallest absolute Gasteiger partial charge is 0.277 e. The normalized spacial score (nSPS) is 11.1. The van der Waals surface area contributed by atoms with Crippen molar-refractivity contribution in [1.29, 1.82) is 0 Å². The van der Waals surface area contributed by atoms with Gasteiger partial charge in [0.1, 0.15) is 5.76 Å². The Bertz CT molecular complexity index is 1050. The summed E-state index contributed by atoms with van der Waals surface area (Å²) in [6.45, 7) is 8.19. The van der Waals surface area contributed by atoms with E-state index in [1.54, 1.807) is 11.3 Å². The molecule has 6 nitrogen and oxygen atoms in total. The van der Waals surface area contributed by atoms with Gasteiger partial charge >= 0.3 is 0 Å². The molecule has 0 amide bonds. The van der Waals surface area contributed by atoms with E-state index in [4.69, 9.17) is 8.83 Å². The SMILES string of the molecule is CCN(CC)c1ccc(-c2nnc(SCc3nc(-c4cccs4)oc3C)o2)cc1. The van der Waals surface area contributed by atoms with Crippen LogP contribution in [-0.2, 0) is 5.75 Å². The van der Waals surface area contributed by atoms with E-state index in [1.165, 1.54) is 17.4 Å². The number of benzene rings is 1. The Labute approximate surface area is 178 Å². The van der Waals surface area contributed by atoms with Crippen molar-refractivity contribution in [3.63, 3.8) is 0 Å². The molecule has 0 N–H and O–H groups in total. The number of hydrogen-bond donors (Lipinski definition) is 0. The third-order valence-electron chi connectivity index (χ3n) is 4.61. The molecule has 0 aliphatic heterocycles. The predicted octanol–water partition coefficient (Wildman–Crippen LogP) is 5.90. The summed E-state index contributed by atoms with van der Waals surface area (Å²) in [6.07, 6.45) is 0. The number of aryl methyl sites for hydroxylation is 1. The number of thioether (sulfide) groups is 1. The molecule has 0 aliphatic carbocycles. The molecule has 3 aromatic heterocycles. The van der Waals surface area contributed by atoms with Gasteiger partial charge in [-0.1, -0.05) is 17.8 Å². The molecule has 0 saturated heterocycles. The van der Waals surface area contributed by atoms with Crippen LogP contribution < -0.4 is 4.90 Å². The lowest BCUT2D eigenvalue weighted by molar-refractivity contribution is 0.465. The molecule has 0 bridgehead atoms. The fourth-order valence-electron chi connectivity index (χ4n) is 2.99. The standard InChI is InChI=1S/C21H22N4O2S2/c1-4-25(5-2)16-10-8-15(9-11-16)19-23-24-21(27-19)29-13-17-14(3)26-20(22-17)18-7-6-12-28-18/h6-12H,4-5,13H2,1-3H3. The van der Waals surface area contributed by atoms with Crippen molar-refractivity contribution in [2.45, 2.75) is 31.7 Å². The fourth-order valence-corrected chi connectivity index (χ4v) is 4.40. The van der Waals surface area contributed by atoms with Crippen LogP contribution in [0.25, 0.3) is 22.2 Å². The lowest BCUT2D eigenvalue weighted by Gasteiger charge is -2.20. The molecule has 0 fully saturated rings. The Balaban J connectivity index is 1.42. The summed E-state index contributed by atoms with van der Waals surface area (Å²) in [5.41, 5.74) is 3.00. The Morgan fingerprint density at radius 1 is 1.00 bits per heavy atom. The lowest BCUT2D eigenvalue weighted by Crippen LogP contribution is -2.21. The first-order valence-electron chi connectivity index (χ1n) is 9.49. The minimum absolute atomic E-state index is 0.521. The van der Waals surface area contributed by atoms with Gasteiger partial charge in [-0.3, -0.25) is 0 Å². The minimum atomic E-state index is 0.521. The van der Waals surface area contributed by atoms with Gasteiger partial charge in [-0.25, -0.2) is 4.98 Å². The zero-order valence-corrected chi connectivity index (χ0v) is 18.2. The van der Waals surface area contributed by atoms with Gasteiger partial charge in [0.05, 0.1) is 10.6 Å². The third kappa shape index (κ3) is 4.38. The van der Waals surface area contributed by atoms with Crippen LogP contribution >= 0.6 is 23.1 Å². The van der Waals surface area contributed by atoms with E-state index < -0.39 is 0 Å². The van der Waals surface area contributed by atoms with Crippen molar-refractivity contribution in [1.82, 2.24) is 15.2 Å². The molecule has 8 heteroatoms. The average molecular weight is 427 g/mol. The first-order chi connectivity index (χ1) is 14.2. The topological polar surface area (TPSA) is 68.2 Å². The second kappa shape index (κ2) is 8.84. The van der Waals surface area contributed by atoms with Gasteiger partial charge in [-0.15, -0.1) is 21.5 Å². The number of rotatable bonds is 8. The van der Waals surface area contributed by atoms with Crippen LogP contribution in [0.15, 0.2) is 55.8 Å². The van der Waals surface area contributed by atoms with Gasteiger partial charge in [0.25, 0.3) is 5.22 Å². The van der Waals surface area contributed by atoms with Crippen LogP contribution in [0.5, 0.6) is 0 Å². The number of nitrogens with zero attached hydrogens (tertiary/aromatic N) is 4. The first kappa shape index (κ1) is 19.7. The third-order valence-corrected chi connectivity index (χ3v) is 6.29. The largest absolute Gasteiger partial charge is 0.440 e. The van der Waals surface area contributed by atoms with Crippen LogP contribution in [0.2, 0.25) is 0 Å². The van der Waals surface area contributed by atoms with Crippen molar-refractivity contribution < 1.29 is 8.83 Å². The maximum Gasteiger partial charge on any atom is 0.277 e. The number of oxazole rings is 1. The quantitative estimate of drug-likeness (QED) is 0.325. The summed E-state index contributed by atoms with van der Waals surface area (Å²) >= 11 is 3.07. The molecule has 0 atom stereocenters. The highest BCUT2D eigenvalue weighted by Crippen LogP contribution is 2.30. The van der Waals surface area contributed by atoms with Gasteiger partial charge in [-0.05, 0) is 56.5 Å². The molecule has 150 valence electrons. The summed E-state index contributed by atoms with van der Waals surface area (Å²) in [6, 6.07) is 12.2. The van der Waals surface area contributed by atoms with Crippen LogP contribution in [0.3, 0.4) is 0 Å². The van der Waals surface area contributed by atoms with Gasteiger partial charge in [0, 0.05) is 30.1 Å². The van der Waals surface area contributed by atoms with E-state index in [-0.39, 0.29) is 0 Å². The molecule has 29 heavy (non-hydrogen) atoms. The highest BCUT2D eigenvalue weighted by Gasteiger charge is 2.15. The number of aromatic nitrogens is 3. The molecule has 0 radical (unpaired) electrons. The van der Waals surface area contributed by atoms with Crippen LogP contribution in [0.1, 0.15) is 25.3 Å². The number of anilines is 1. The summed E-state index contributed by atoms with van der Waals surface area (Å²) in [4.78, 5) is 7.92. The van der Waals surface area contributed by atoms with E-state index in [0.717, 1.165) is 35.0 Å². The molecule has 0 aliphatic rings. The minimum Gasteiger partial charge on any atom is -0.440 e. The van der Waals surface area contributed by atoms with Crippen molar-refractivity contribution >= 4 is 28.8 Å². The van der Waals surface area contributed by atoms with E-state index >= 15 is 0 Å². The molecular formula is C21H22N4O2S2. The predicted molar refractivity (Wildman–Crippen MR) is 117 cm³/mol. The van der Waals surface area contributed by atoms with Gasteiger partial charge < -0.3 is 13.7 Å². The Morgan fingerprint density at radius 3 is 2.48 bits per heavy atom. The summed E-state index contributed by atoms with van der Waals surface area (Å²) in [7, 11) is 0. The van der Waals surface area contributed by atoms with Crippen molar-refractivity contribution in [3.05, 3.63) is 53.2 Å². The maximum atomic E-state index is 5.83. The van der Waals surface area contributed by atoms with Gasteiger partial charge in [0.2, 0.25) is 11.8 Å². The molecule has 4 aromatic rings. The molecule has 1 aromatic carbocycles. The Kier molecular flexibility index (Phi) is 6.01. The average Bonchev–Trinajstić information content (AvgIpc) is 3.49. The Hall–Kier alpha value is -2.58. The number of hydrogen-bond acceptors (Lipinski definition) is 8. The zero-order valence-electron chi connectivity index (χ0n) is 16.6. The second-order valence-electron chi connectivity index (χ2n) is 6.38. The lowest BCUT2D eigenvalue weighted by atomic mass is 10.2. The molecule has 4 rings (SSSR count). The highest BCUT2D eigenvalue weighted by molar-refractivity contribution is 7.98. The molecule has 0 unspecified atom stereocenters. The maximum absolute atomic E-state index is 5.83. The second-order valence-corrected chi connectivity index (χ2v) is 8.25. The molecule has 3 heterocycles. The fraction of sp³-hybridized carbons (Fsp3) is 0.286.